The molecule has 9 nitrogen and oxygen atoms in total. The normalized spacial score (nSPS) is 26.4. The van der Waals surface area contributed by atoms with Gasteiger partial charge in [0.15, 0.2) is 0 Å². The van der Waals surface area contributed by atoms with Crippen LogP contribution >= 0.6 is 11.8 Å². The van der Waals surface area contributed by atoms with Crippen molar-refractivity contribution in [3.05, 3.63) is 24.3 Å². The predicted molar refractivity (Wildman–Crippen MR) is 116 cm³/mol. The first-order chi connectivity index (χ1) is 14.3. The number of ether oxygens (including phenoxy) is 1. The lowest BCUT2D eigenvalue weighted by molar-refractivity contribution is -0.140. The number of fused-ring (bicyclic) bond motifs is 1. The van der Waals surface area contributed by atoms with E-state index in [1.807, 2.05) is 0 Å². The number of carbonyl (C=O) groups is 3. The lowest BCUT2D eigenvalue weighted by Crippen LogP contribution is -2.74. The maximum absolute atomic E-state index is 12.9. The summed E-state index contributed by atoms with van der Waals surface area (Å²) < 4.78 is 5.12. The Morgan fingerprint density at radius 2 is 1.90 bits per heavy atom. The molecule has 30 heavy (non-hydrogen) atoms. The van der Waals surface area contributed by atoms with Crippen LogP contribution in [0.1, 0.15) is 19.8 Å². The maximum atomic E-state index is 12.9. The molecule has 2 saturated heterocycles. The van der Waals surface area contributed by atoms with E-state index in [-0.39, 0.29) is 35.1 Å². The van der Waals surface area contributed by atoms with Gasteiger partial charge in [-0.2, -0.15) is 0 Å². The van der Waals surface area contributed by atoms with Crippen LogP contribution in [0.3, 0.4) is 0 Å². The standard InChI is InChI=1S/C20H29N5O4S/c1-5-6-14-22-17-16(19(27)25(3)20(28)24(17)2)18(23-14)30-11-15(26)21-12-7-9-13(29-4)10-8-12/h7-10,14,16-18,22-23H,5-6,11H2,1-4H3,(H,21,26). The molecule has 3 N–H and O–H groups in total. The van der Waals surface area contributed by atoms with E-state index in [9.17, 15) is 14.4 Å². The summed E-state index contributed by atoms with van der Waals surface area (Å²) in [6.07, 6.45) is 1.36. The van der Waals surface area contributed by atoms with Gasteiger partial charge in [-0.05, 0) is 30.7 Å². The molecule has 3 rings (SSSR count). The van der Waals surface area contributed by atoms with Crippen molar-refractivity contribution >= 4 is 35.3 Å². The summed E-state index contributed by atoms with van der Waals surface area (Å²) in [4.78, 5) is 40.4. The molecule has 0 spiro atoms. The zero-order valence-electron chi connectivity index (χ0n) is 17.7. The Morgan fingerprint density at radius 1 is 1.20 bits per heavy atom. The number of amides is 4. The van der Waals surface area contributed by atoms with Gasteiger partial charge in [-0.15, -0.1) is 11.8 Å². The van der Waals surface area contributed by atoms with Crippen LogP contribution in [0.25, 0.3) is 0 Å². The summed E-state index contributed by atoms with van der Waals surface area (Å²) in [6, 6.07) is 6.78. The van der Waals surface area contributed by atoms with Crippen molar-refractivity contribution in [2.45, 2.75) is 37.5 Å². The monoisotopic (exact) mass is 435 g/mol. The molecule has 2 aliphatic heterocycles. The summed E-state index contributed by atoms with van der Waals surface area (Å²) in [5.74, 6) is 0.0131. The zero-order valence-corrected chi connectivity index (χ0v) is 18.5. The highest BCUT2D eigenvalue weighted by Gasteiger charge is 2.50. The third kappa shape index (κ3) is 4.71. The number of methoxy groups -OCH3 is 1. The van der Waals surface area contributed by atoms with Gasteiger partial charge in [0.05, 0.1) is 36.5 Å². The third-order valence-electron chi connectivity index (χ3n) is 5.37. The first-order valence-electron chi connectivity index (χ1n) is 9.97. The Morgan fingerprint density at radius 3 is 2.53 bits per heavy atom. The number of imide groups is 1. The van der Waals surface area contributed by atoms with Gasteiger partial charge >= 0.3 is 6.03 Å². The van der Waals surface area contributed by atoms with E-state index in [2.05, 4.69) is 22.9 Å². The fraction of sp³-hybridized carbons (Fsp3) is 0.550. The fourth-order valence-electron chi connectivity index (χ4n) is 3.76. The smallest absolute Gasteiger partial charge is 0.327 e. The molecule has 4 atom stereocenters. The van der Waals surface area contributed by atoms with Gasteiger partial charge in [0.1, 0.15) is 5.75 Å². The van der Waals surface area contributed by atoms with Gasteiger partial charge in [-0.3, -0.25) is 25.1 Å². The Labute approximate surface area is 180 Å². The molecule has 4 amide bonds. The van der Waals surface area contributed by atoms with Gasteiger partial charge < -0.3 is 15.0 Å². The Balaban J connectivity index is 1.67. The predicted octanol–water partition coefficient (Wildman–Crippen LogP) is 1.48. The molecule has 10 heteroatoms. The van der Waals surface area contributed by atoms with E-state index in [1.54, 1.807) is 43.3 Å². The summed E-state index contributed by atoms with van der Waals surface area (Å²) in [6.45, 7) is 2.08. The largest absolute Gasteiger partial charge is 0.497 e. The number of nitrogens with one attached hydrogen (secondary N) is 3. The molecule has 164 valence electrons. The van der Waals surface area contributed by atoms with Crippen molar-refractivity contribution in [3.63, 3.8) is 0 Å². The van der Waals surface area contributed by atoms with Crippen molar-refractivity contribution in [3.8, 4) is 5.75 Å². The number of hydrogen-bond donors (Lipinski definition) is 3. The number of urea groups is 1. The van der Waals surface area contributed by atoms with Gasteiger partial charge in [0.25, 0.3) is 0 Å². The third-order valence-corrected chi connectivity index (χ3v) is 6.59. The van der Waals surface area contributed by atoms with Crippen LogP contribution in [-0.2, 0) is 9.59 Å². The summed E-state index contributed by atoms with van der Waals surface area (Å²) >= 11 is 1.38. The van der Waals surface area contributed by atoms with Crippen molar-refractivity contribution in [2.24, 2.45) is 5.92 Å². The number of thioether (sulfide) groups is 1. The second kappa shape index (κ2) is 9.67. The van der Waals surface area contributed by atoms with E-state index in [0.29, 0.717) is 11.4 Å². The van der Waals surface area contributed by atoms with Crippen molar-refractivity contribution in [2.75, 3.05) is 32.3 Å². The minimum Gasteiger partial charge on any atom is -0.497 e. The number of nitrogens with zero attached hydrogens (tertiary/aromatic N) is 2. The first kappa shape index (κ1) is 22.4. The molecule has 0 bridgehead atoms. The molecule has 2 heterocycles. The van der Waals surface area contributed by atoms with Crippen molar-refractivity contribution < 1.29 is 19.1 Å². The van der Waals surface area contributed by atoms with E-state index in [1.165, 1.54) is 18.8 Å². The number of hydrogen-bond acceptors (Lipinski definition) is 7. The van der Waals surface area contributed by atoms with Gasteiger partial charge in [-0.1, -0.05) is 13.3 Å². The molecular weight excluding hydrogens is 406 g/mol. The molecule has 2 aliphatic rings. The molecule has 0 radical (unpaired) electrons. The van der Waals surface area contributed by atoms with E-state index in [4.69, 9.17) is 4.74 Å². The maximum Gasteiger partial charge on any atom is 0.327 e. The first-order valence-corrected chi connectivity index (χ1v) is 11.0. The van der Waals surface area contributed by atoms with Crippen molar-refractivity contribution in [1.82, 2.24) is 20.4 Å². The van der Waals surface area contributed by atoms with Crippen LogP contribution < -0.4 is 20.7 Å². The van der Waals surface area contributed by atoms with E-state index in [0.717, 1.165) is 17.7 Å². The Bertz CT molecular complexity index is 790. The summed E-state index contributed by atoms with van der Waals surface area (Å²) in [5.41, 5.74) is 0.681. The highest BCUT2D eigenvalue weighted by molar-refractivity contribution is 8.00. The molecular formula is C20H29N5O4S. The quantitative estimate of drug-likeness (QED) is 0.596. The fourth-order valence-corrected chi connectivity index (χ4v) is 4.90. The van der Waals surface area contributed by atoms with Crippen LogP contribution in [0.15, 0.2) is 24.3 Å². The number of carbonyl (C=O) groups excluding carboxylic acids is 3. The zero-order chi connectivity index (χ0) is 21.8. The molecule has 0 aromatic heterocycles. The minimum atomic E-state index is -0.482. The molecule has 1 aromatic carbocycles. The highest BCUT2D eigenvalue weighted by atomic mass is 32.2. The number of rotatable bonds is 7. The SMILES string of the molecule is CCCC1NC(SCC(=O)Nc2ccc(OC)cc2)C2C(=O)N(C)C(=O)N(C)C2N1. The Kier molecular flexibility index (Phi) is 7.22. The van der Waals surface area contributed by atoms with E-state index < -0.39 is 12.1 Å². The Hall–Kier alpha value is -2.30. The lowest BCUT2D eigenvalue weighted by atomic mass is 9.96. The molecule has 0 aliphatic carbocycles. The lowest BCUT2D eigenvalue weighted by Gasteiger charge is -2.50. The molecule has 2 fully saturated rings. The number of anilines is 1. The summed E-state index contributed by atoms with van der Waals surface area (Å²) in [7, 11) is 4.78. The van der Waals surface area contributed by atoms with Gasteiger partial charge in [0.2, 0.25) is 11.8 Å². The van der Waals surface area contributed by atoms with Gasteiger partial charge in [0, 0.05) is 19.8 Å². The average molecular weight is 436 g/mol. The summed E-state index contributed by atoms with van der Waals surface area (Å²) in [5, 5.41) is 9.39. The van der Waals surface area contributed by atoms with Crippen LogP contribution in [-0.4, -0.2) is 72.3 Å². The van der Waals surface area contributed by atoms with Crippen LogP contribution in [0.4, 0.5) is 10.5 Å². The highest BCUT2D eigenvalue weighted by Crippen LogP contribution is 2.32. The second-order valence-corrected chi connectivity index (χ2v) is 8.57. The number of benzene rings is 1. The van der Waals surface area contributed by atoms with Gasteiger partial charge in [-0.25, -0.2) is 4.79 Å². The minimum absolute atomic E-state index is 0.0372. The molecule has 1 aromatic rings. The van der Waals surface area contributed by atoms with Crippen molar-refractivity contribution in [1.29, 1.82) is 0 Å². The van der Waals surface area contributed by atoms with Crippen LogP contribution in [0, 0.1) is 5.92 Å². The van der Waals surface area contributed by atoms with E-state index >= 15 is 0 Å². The molecule has 0 saturated carbocycles. The second-order valence-electron chi connectivity index (χ2n) is 7.44. The van der Waals surface area contributed by atoms with Crippen LogP contribution in [0.5, 0.6) is 5.75 Å². The molecule has 4 unspecified atom stereocenters. The average Bonchev–Trinajstić information content (AvgIpc) is 2.75. The van der Waals surface area contributed by atoms with Crippen LogP contribution in [0.2, 0.25) is 0 Å². The topological polar surface area (TPSA) is 103 Å².